The highest BCUT2D eigenvalue weighted by Crippen LogP contribution is 2.36. The molecule has 0 bridgehead atoms. The summed E-state index contributed by atoms with van der Waals surface area (Å²) in [5.74, 6) is 0.495. The molecule has 1 amide bonds. The SMILES string of the molecule is C[C@@H]1CCN(C(=O)c2csc(-c3ccsc3)n2)c2ccccc21. The average molecular weight is 340 g/mol. The maximum absolute atomic E-state index is 12.9. The number of amides is 1. The first kappa shape index (κ1) is 14.6. The van der Waals surface area contributed by atoms with Crippen LogP contribution in [-0.4, -0.2) is 17.4 Å². The van der Waals surface area contributed by atoms with Gasteiger partial charge in [-0.15, -0.1) is 11.3 Å². The van der Waals surface area contributed by atoms with Gasteiger partial charge in [-0.3, -0.25) is 4.79 Å². The smallest absolute Gasteiger partial charge is 0.277 e. The fourth-order valence-corrected chi connectivity index (χ4v) is 4.49. The number of thiophene rings is 1. The Morgan fingerprint density at radius 3 is 2.96 bits per heavy atom. The van der Waals surface area contributed by atoms with E-state index >= 15 is 0 Å². The van der Waals surface area contributed by atoms with E-state index in [-0.39, 0.29) is 5.91 Å². The van der Waals surface area contributed by atoms with Crippen LogP contribution in [0.1, 0.15) is 35.3 Å². The van der Waals surface area contributed by atoms with Crippen LogP contribution in [0.25, 0.3) is 10.6 Å². The summed E-state index contributed by atoms with van der Waals surface area (Å²) in [4.78, 5) is 19.4. The zero-order valence-corrected chi connectivity index (χ0v) is 14.4. The Bertz CT molecular complexity index is 838. The molecule has 3 aromatic rings. The van der Waals surface area contributed by atoms with Crippen LogP contribution in [0, 0.1) is 0 Å². The maximum atomic E-state index is 12.9. The van der Waals surface area contributed by atoms with E-state index in [0.29, 0.717) is 11.6 Å². The number of rotatable bonds is 2. The number of carbonyl (C=O) groups is 1. The summed E-state index contributed by atoms with van der Waals surface area (Å²) in [6, 6.07) is 10.2. The Balaban J connectivity index is 1.67. The Morgan fingerprint density at radius 2 is 2.13 bits per heavy atom. The van der Waals surface area contributed by atoms with Gasteiger partial charge in [0.2, 0.25) is 0 Å². The molecule has 0 spiro atoms. The van der Waals surface area contributed by atoms with Crippen LogP contribution in [0.5, 0.6) is 0 Å². The molecule has 0 N–H and O–H groups in total. The molecule has 0 unspecified atom stereocenters. The number of fused-ring (bicyclic) bond motifs is 1. The van der Waals surface area contributed by atoms with Gasteiger partial charge in [-0.2, -0.15) is 11.3 Å². The lowest BCUT2D eigenvalue weighted by molar-refractivity contribution is 0.0980. The van der Waals surface area contributed by atoms with Crippen LogP contribution in [0.2, 0.25) is 0 Å². The minimum Gasteiger partial charge on any atom is -0.307 e. The Morgan fingerprint density at radius 1 is 1.26 bits per heavy atom. The van der Waals surface area contributed by atoms with Gasteiger partial charge in [-0.05, 0) is 35.4 Å². The van der Waals surface area contributed by atoms with Crippen LogP contribution >= 0.6 is 22.7 Å². The lowest BCUT2D eigenvalue weighted by Crippen LogP contribution is -2.36. The van der Waals surface area contributed by atoms with Crippen LogP contribution in [0.4, 0.5) is 5.69 Å². The van der Waals surface area contributed by atoms with E-state index in [1.807, 2.05) is 39.9 Å². The molecule has 23 heavy (non-hydrogen) atoms. The highest BCUT2D eigenvalue weighted by Gasteiger charge is 2.28. The highest BCUT2D eigenvalue weighted by molar-refractivity contribution is 7.14. The van der Waals surface area contributed by atoms with Gasteiger partial charge >= 0.3 is 0 Å². The zero-order chi connectivity index (χ0) is 15.8. The van der Waals surface area contributed by atoms with Crippen molar-refractivity contribution in [3.63, 3.8) is 0 Å². The second-order valence-electron chi connectivity index (χ2n) is 5.76. The van der Waals surface area contributed by atoms with Crippen molar-refractivity contribution in [2.75, 3.05) is 11.4 Å². The van der Waals surface area contributed by atoms with Gasteiger partial charge in [0.15, 0.2) is 0 Å². The highest BCUT2D eigenvalue weighted by atomic mass is 32.1. The molecule has 2 aromatic heterocycles. The lowest BCUT2D eigenvalue weighted by atomic mass is 9.91. The van der Waals surface area contributed by atoms with E-state index in [2.05, 4.69) is 23.4 Å². The molecule has 1 atom stereocenters. The van der Waals surface area contributed by atoms with E-state index in [1.165, 1.54) is 16.9 Å². The van der Waals surface area contributed by atoms with E-state index in [9.17, 15) is 4.79 Å². The number of thiazole rings is 1. The molecule has 0 fully saturated rings. The molecule has 1 aliphatic heterocycles. The summed E-state index contributed by atoms with van der Waals surface area (Å²) < 4.78 is 0. The summed E-state index contributed by atoms with van der Waals surface area (Å²) in [5, 5.41) is 6.87. The van der Waals surface area contributed by atoms with Crippen LogP contribution < -0.4 is 4.90 Å². The molecule has 5 heteroatoms. The van der Waals surface area contributed by atoms with E-state index in [4.69, 9.17) is 0 Å². The molecule has 1 aromatic carbocycles. The molecule has 0 saturated heterocycles. The molecule has 1 aliphatic rings. The number of carbonyl (C=O) groups excluding carboxylic acids is 1. The lowest BCUT2D eigenvalue weighted by Gasteiger charge is -2.32. The monoisotopic (exact) mass is 340 g/mol. The van der Waals surface area contributed by atoms with Gasteiger partial charge < -0.3 is 4.90 Å². The predicted molar refractivity (Wildman–Crippen MR) is 96.6 cm³/mol. The average Bonchev–Trinajstić information content (AvgIpc) is 3.26. The zero-order valence-electron chi connectivity index (χ0n) is 12.7. The van der Waals surface area contributed by atoms with Crippen molar-refractivity contribution < 1.29 is 4.79 Å². The van der Waals surface area contributed by atoms with Crippen LogP contribution in [0.15, 0.2) is 46.5 Å². The van der Waals surface area contributed by atoms with Gasteiger partial charge in [0, 0.05) is 28.6 Å². The van der Waals surface area contributed by atoms with Crippen molar-refractivity contribution in [3.8, 4) is 10.6 Å². The molecule has 0 saturated carbocycles. The van der Waals surface area contributed by atoms with Gasteiger partial charge in [0.1, 0.15) is 10.7 Å². The number of aromatic nitrogens is 1. The second-order valence-corrected chi connectivity index (χ2v) is 7.39. The Labute approximate surface area is 143 Å². The minimum absolute atomic E-state index is 0.00193. The first-order chi connectivity index (χ1) is 11.2. The summed E-state index contributed by atoms with van der Waals surface area (Å²) in [6.07, 6.45) is 0.990. The van der Waals surface area contributed by atoms with Crippen molar-refractivity contribution in [2.24, 2.45) is 0 Å². The van der Waals surface area contributed by atoms with E-state index < -0.39 is 0 Å². The number of nitrogens with zero attached hydrogens (tertiary/aromatic N) is 2. The number of benzene rings is 1. The molecular formula is C18H16N2OS2. The third kappa shape index (κ3) is 2.60. The summed E-state index contributed by atoms with van der Waals surface area (Å²) in [6.45, 7) is 2.97. The number of hydrogen-bond acceptors (Lipinski definition) is 4. The molecule has 0 aliphatic carbocycles. The van der Waals surface area contributed by atoms with Crippen LogP contribution in [-0.2, 0) is 0 Å². The number of anilines is 1. The normalized spacial score (nSPS) is 17.1. The fraction of sp³-hybridized carbons (Fsp3) is 0.222. The third-order valence-electron chi connectivity index (χ3n) is 4.28. The third-order valence-corrected chi connectivity index (χ3v) is 5.86. The second kappa shape index (κ2) is 5.91. The first-order valence-electron chi connectivity index (χ1n) is 7.63. The maximum Gasteiger partial charge on any atom is 0.277 e. The van der Waals surface area contributed by atoms with Gasteiger partial charge in [-0.1, -0.05) is 25.1 Å². The largest absolute Gasteiger partial charge is 0.307 e. The first-order valence-corrected chi connectivity index (χ1v) is 9.45. The summed E-state index contributed by atoms with van der Waals surface area (Å²) in [5.41, 5.74) is 3.91. The van der Waals surface area contributed by atoms with E-state index in [0.717, 1.165) is 29.2 Å². The minimum atomic E-state index is 0.00193. The molecule has 4 rings (SSSR count). The van der Waals surface area contributed by atoms with Crippen molar-refractivity contribution in [1.29, 1.82) is 0 Å². The van der Waals surface area contributed by atoms with Crippen molar-refractivity contribution >= 4 is 34.3 Å². The van der Waals surface area contributed by atoms with Gasteiger partial charge in [-0.25, -0.2) is 4.98 Å². The van der Waals surface area contributed by atoms with E-state index in [1.54, 1.807) is 11.3 Å². The van der Waals surface area contributed by atoms with Crippen molar-refractivity contribution in [3.05, 3.63) is 57.7 Å². The standard InChI is InChI=1S/C18H16N2OS2/c1-12-6-8-20(16-5-3-2-4-14(12)16)18(21)15-11-23-17(19-15)13-7-9-22-10-13/h2-5,7,9-12H,6,8H2,1H3/t12-/m1/s1. The topological polar surface area (TPSA) is 33.2 Å². The molecular weight excluding hydrogens is 324 g/mol. The molecule has 3 nitrogen and oxygen atoms in total. The molecule has 116 valence electrons. The quantitative estimate of drug-likeness (QED) is 0.656. The molecule has 3 heterocycles. The van der Waals surface area contributed by atoms with Crippen molar-refractivity contribution in [1.82, 2.24) is 4.98 Å². The summed E-state index contributed by atoms with van der Waals surface area (Å²) >= 11 is 3.17. The van der Waals surface area contributed by atoms with Gasteiger partial charge in [0.05, 0.1) is 0 Å². The van der Waals surface area contributed by atoms with Gasteiger partial charge in [0.25, 0.3) is 5.91 Å². The van der Waals surface area contributed by atoms with Crippen LogP contribution in [0.3, 0.4) is 0 Å². The Kier molecular flexibility index (Phi) is 3.75. The fourth-order valence-electron chi connectivity index (χ4n) is 2.99. The number of hydrogen-bond donors (Lipinski definition) is 0. The molecule has 0 radical (unpaired) electrons. The van der Waals surface area contributed by atoms with Crippen molar-refractivity contribution in [2.45, 2.75) is 19.3 Å². The predicted octanol–water partition coefficient (Wildman–Crippen LogP) is 5.03. The Hall–Kier alpha value is -1.98. The number of para-hydroxylation sites is 1. The summed E-state index contributed by atoms with van der Waals surface area (Å²) in [7, 11) is 0.